The number of aliphatic hydroxyl groups is 3. The topological polar surface area (TPSA) is 199 Å². The van der Waals surface area contributed by atoms with Gasteiger partial charge in [0.05, 0.1) is 18.2 Å². The molecule has 1 heterocycles. The first-order valence-electron chi connectivity index (χ1n) is 11.8. The largest absolute Gasteiger partial charge is 0.508 e. The summed E-state index contributed by atoms with van der Waals surface area (Å²) >= 11 is 0. The average molecular weight is 523 g/mol. The van der Waals surface area contributed by atoms with Crippen LogP contribution in [0, 0.1) is 11.8 Å². The van der Waals surface area contributed by atoms with E-state index in [1.165, 1.54) is 25.1 Å². The highest BCUT2D eigenvalue weighted by Gasteiger charge is 2.64. The number of Topliss-reactive ketones (excluding diaryl/α,β-unsaturated/α-hetero) is 2. The van der Waals surface area contributed by atoms with Gasteiger partial charge in [-0.2, -0.15) is 0 Å². The molecule has 1 aliphatic heterocycles. The van der Waals surface area contributed by atoms with Gasteiger partial charge in [0, 0.05) is 29.2 Å². The van der Waals surface area contributed by atoms with Crippen molar-refractivity contribution in [2.45, 2.75) is 31.0 Å². The fraction of sp³-hybridized carbons (Fsp3) is 0.346. The van der Waals surface area contributed by atoms with E-state index in [9.17, 15) is 44.4 Å². The highest BCUT2D eigenvalue weighted by atomic mass is 16.3. The number of hydrogen-bond donors (Lipinski definition) is 5. The minimum atomic E-state index is -2.72. The molecule has 198 valence electrons. The Morgan fingerprint density at radius 2 is 1.74 bits per heavy atom. The highest BCUT2D eigenvalue weighted by Crippen LogP contribution is 2.52. The molecule has 0 radical (unpaired) electrons. The summed E-state index contributed by atoms with van der Waals surface area (Å²) in [4.78, 5) is 65.2. The number of fused-ring (bicyclic) bond motifs is 3. The smallest absolute Gasteiger partial charge is 0.255 e. The maximum Gasteiger partial charge on any atom is 0.255 e. The van der Waals surface area contributed by atoms with Crippen molar-refractivity contribution in [2.75, 3.05) is 14.1 Å². The van der Waals surface area contributed by atoms with E-state index in [4.69, 9.17) is 5.73 Å². The Balaban J connectivity index is 1.64. The number of primary amides is 1. The van der Waals surface area contributed by atoms with E-state index in [0.29, 0.717) is 5.56 Å². The molecule has 4 atom stereocenters. The van der Waals surface area contributed by atoms with E-state index in [0.717, 1.165) is 17.1 Å². The first-order chi connectivity index (χ1) is 17.8. The Morgan fingerprint density at radius 1 is 1.11 bits per heavy atom. The van der Waals surface area contributed by atoms with Crippen LogP contribution < -0.4 is 5.73 Å². The number of phenols is 1. The fourth-order valence-electron chi connectivity index (χ4n) is 6.15. The Hall–Kier alpha value is -4.29. The SMILES string of the molecule is CN(C)C1C(=O)C(C(N)=O)=C(O)[C@@]2(O)C(=O)C3=C(O)c4c(ccc(CN5C(=O)C=CC5=O)c4O)CC3CC12. The van der Waals surface area contributed by atoms with Gasteiger partial charge < -0.3 is 26.2 Å². The normalized spacial score (nSPS) is 28.7. The lowest BCUT2D eigenvalue weighted by Crippen LogP contribution is -2.65. The van der Waals surface area contributed by atoms with Crippen molar-refractivity contribution in [3.8, 4) is 5.75 Å². The van der Waals surface area contributed by atoms with Crippen LogP contribution in [0.2, 0.25) is 0 Å². The van der Waals surface area contributed by atoms with Crippen molar-refractivity contribution < 1.29 is 44.4 Å². The molecule has 12 heteroatoms. The number of imide groups is 1. The van der Waals surface area contributed by atoms with Crippen molar-refractivity contribution in [3.63, 3.8) is 0 Å². The molecule has 1 saturated carbocycles. The first kappa shape index (κ1) is 25.4. The third-order valence-electron chi connectivity index (χ3n) is 7.91. The second-order valence-electron chi connectivity index (χ2n) is 10.2. The van der Waals surface area contributed by atoms with Gasteiger partial charge in [0.2, 0.25) is 5.78 Å². The summed E-state index contributed by atoms with van der Waals surface area (Å²) in [6, 6.07) is 1.94. The van der Waals surface area contributed by atoms with Crippen LogP contribution in [-0.4, -0.2) is 85.3 Å². The summed E-state index contributed by atoms with van der Waals surface area (Å²) in [6.07, 6.45) is 2.31. The summed E-state index contributed by atoms with van der Waals surface area (Å²) in [5.74, 6) is -8.49. The van der Waals surface area contributed by atoms with Gasteiger partial charge in [-0.3, -0.25) is 33.8 Å². The molecule has 3 amide bonds. The van der Waals surface area contributed by atoms with Crippen molar-refractivity contribution in [3.05, 3.63) is 57.9 Å². The van der Waals surface area contributed by atoms with Crippen LogP contribution in [0.3, 0.4) is 0 Å². The van der Waals surface area contributed by atoms with Crippen LogP contribution in [0.15, 0.2) is 41.2 Å². The minimum absolute atomic E-state index is 0.0171. The number of aromatic hydroxyl groups is 1. The zero-order valence-corrected chi connectivity index (χ0v) is 20.5. The van der Waals surface area contributed by atoms with Crippen molar-refractivity contribution in [1.82, 2.24) is 9.80 Å². The van der Waals surface area contributed by atoms with E-state index >= 15 is 0 Å². The van der Waals surface area contributed by atoms with Crippen molar-refractivity contribution in [1.29, 1.82) is 0 Å². The molecule has 5 rings (SSSR count). The third-order valence-corrected chi connectivity index (χ3v) is 7.91. The predicted octanol–water partition coefficient (Wildman–Crippen LogP) is -0.611. The van der Waals surface area contributed by atoms with Gasteiger partial charge in [-0.1, -0.05) is 12.1 Å². The Kier molecular flexibility index (Phi) is 5.58. The molecule has 0 saturated heterocycles. The first-order valence-corrected chi connectivity index (χ1v) is 11.8. The van der Waals surface area contributed by atoms with Crippen LogP contribution in [0.1, 0.15) is 23.1 Å². The number of rotatable bonds is 4. The second-order valence-corrected chi connectivity index (χ2v) is 10.2. The number of ketones is 2. The van der Waals surface area contributed by atoms with Crippen LogP contribution in [0.5, 0.6) is 5.75 Å². The van der Waals surface area contributed by atoms with Crippen LogP contribution >= 0.6 is 0 Å². The number of nitrogens with zero attached hydrogens (tertiary/aromatic N) is 2. The molecule has 12 nitrogen and oxygen atoms in total. The standard InChI is InChI=1S/C26H25N3O9/c1-28(2)19-13-8-12-7-10-3-4-11(9-29-14(30)5-6-15(29)31)20(32)16(10)21(33)17(12)23(35)26(13,38)24(36)18(22(19)34)25(27)37/h3-6,12-13,19,32-33,36,38H,7-9H2,1-2H3,(H2,27,37)/t12?,13?,19?,26-/m0/s1. The predicted molar refractivity (Wildman–Crippen MR) is 129 cm³/mol. The number of aliphatic hydroxyl groups excluding tert-OH is 2. The van der Waals surface area contributed by atoms with Gasteiger partial charge in [0.15, 0.2) is 11.4 Å². The number of nitrogens with two attached hydrogens (primary N) is 1. The number of likely N-dealkylation sites (N-methyl/N-ethyl adjacent to an activating group) is 1. The van der Waals surface area contributed by atoms with E-state index in [2.05, 4.69) is 0 Å². The fourth-order valence-corrected chi connectivity index (χ4v) is 6.15. The van der Waals surface area contributed by atoms with E-state index in [-0.39, 0.29) is 36.1 Å². The second kappa shape index (κ2) is 8.36. The van der Waals surface area contributed by atoms with Crippen LogP contribution in [0.4, 0.5) is 0 Å². The van der Waals surface area contributed by atoms with Gasteiger partial charge in [-0.25, -0.2) is 0 Å². The van der Waals surface area contributed by atoms with Crippen LogP contribution in [0.25, 0.3) is 5.76 Å². The molecule has 0 aromatic heterocycles. The monoisotopic (exact) mass is 523 g/mol. The molecule has 4 aliphatic rings. The maximum absolute atomic E-state index is 13.8. The molecule has 1 aromatic carbocycles. The number of carbonyl (C=O) groups is 5. The van der Waals surface area contributed by atoms with Gasteiger partial charge in [-0.05, 0) is 38.4 Å². The van der Waals surface area contributed by atoms with Gasteiger partial charge in [0.1, 0.15) is 22.8 Å². The van der Waals surface area contributed by atoms with Gasteiger partial charge in [0.25, 0.3) is 17.7 Å². The molecular weight excluding hydrogens is 498 g/mol. The molecule has 6 N–H and O–H groups in total. The Morgan fingerprint density at radius 3 is 2.32 bits per heavy atom. The molecule has 3 aliphatic carbocycles. The van der Waals surface area contributed by atoms with E-state index < -0.39 is 75.6 Å². The van der Waals surface area contributed by atoms with Gasteiger partial charge in [-0.15, -0.1) is 0 Å². The van der Waals surface area contributed by atoms with Crippen molar-refractivity contribution in [2.24, 2.45) is 17.6 Å². The van der Waals surface area contributed by atoms with Gasteiger partial charge >= 0.3 is 0 Å². The number of benzene rings is 1. The zero-order chi connectivity index (χ0) is 27.8. The maximum atomic E-state index is 13.8. The summed E-state index contributed by atoms with van der Waals surface area (Å²) < 4.78 is 0. The van der Waals surface area contributed by atoms with E-state index in [1.807, 2.05) is 0 Å². The average Bonchev–Trinajstić information content (AvgIpc) is 3.14. The number of hydrogen-bond acceptors (Lipinski definition) is 10. The van der Waals surface area contributed by atoms with Crippen LogP contribution in [-0.2, 0) is 36.9 Å². The number of phenolic OH excluding ortho intramolecular Hbond substituents is 1. The molecule has 1 aromatic rings. The molecule has 38 heavy (non-hydrogen) atoms. The summed E-state index contributed by atoms with van der Waals surface area (Å²) in [7, 11) is 3.05. The lowest BCUT2D eigenvalue weighted by Gasteiger charge is -2.50. The third kappa shape index (κ3) is 3.26. The molecule has 3 unspecified atom stereocenters. The lowest BCUT2D eigenvalue weighted by molar-refractivity contribution is -0.153. The van der Waals surface area contributed by atoms with Crippen molar-refractivity contribution >= 4 is 35.0 Å². The minimum Gasteiger partial charge on any atom is -0.508 e. The molecule has 0 spiro atoms. The quantitative estimate of drug-likeness (QED) is 0.251. The summed E-state index contributed by atoms with van der Waals surface area (Å²) in [5, 5.41) is 44.7. The summed E-state index contributed by atoms with van der Waals surface area (Å²) in [6.45, 7) is -0.284. The highest BCUT2D eigenvalue weighted by molar-refractivity contribution is 6.24. The summed E-state index contributed by atoms with van der Waals surface area (Å²) in [5.41, 5.74) is 1.92. The molecule has 1 fully saturated rings. The molecular formula is C26H25N3O9. The number of amides is 3. The van der Waals surface area contributed by atoms with E-state index in [1.54, 1.807) is 6.07 Å². The Bertz CT molecular complexity index is 1440. The zero-order valence-electron chi connectivity index (χ0n) is 20.5. The Labute approximate surface area is 215 Å². The molecule has 0 bridgehead atoms. The number of carbonyl (C=O) groups excluding carboxylic acids is 5. The lowest BCUT2D eigenvalue weighted by atomic mass is 9.57.